The highest BCUT2D eigenvalue weighted by molar-refractivity contribution is 5.93. The number of nitrogens with zero attached hydrogens (tertiary/aromatic N) is 3. The lowest BCUT2D eigenvalue weighted by Crippen LogP contribution is -2.46. The number of hydrogen-bond donors (Lipinski definition) is 0. The number of ketones is 1. The molecule has 0 amide bonds. The minimum Gasteiger partial charge on any atom is -0.373 e. The highest BCUT2D eigenvalue weighted by atomic mass is 16.5. The van der Waals surface area contributed by atoms with Crippen LogP contribution < -0.4 is 4.90 Å². The number of pyridine rings is 1. The molecular weight excluding hydrogens is 426 g/mol. The third kappa shape index (κ3) is 3.94. The molecule has 3 atom stereocenters. The van der Waals surface area contributed by atoms with Gasteiger partial charge < -0.3 is 14.2 Å². The molecule has 3 aromatic rings. The average Bonchev–Trinajstić information content (AvgIpc) is 3.55. The zero-order chi connectivity index (χ0) is 23.2. The highest BCUT2D eigenvalue weighted by Gasteiger charge is 2.42. The summed E-state index contributed by atoms with van der Waals surface area (Å²) in [6, 6.07) is 13.1. The highest BCUT2D eigenvalue weighted by Crippen LogP contribution is 2.45. The van der Waals surface area contributed by atoms with Crippen LogP contribution in [0.4, 0.5) is 5.82 Å². The third-order valence-electron chi connectivity index (χ3n) is 7.74. The van der Waals surface area contributed by atoms with E-state index in [1.165, 1.54) is 18.4 Å². The molecule has 3 fully saturated rings. The summed E-state index contributed by atoms with van der Waals surface area (Å²) in [7, 11) is 0. The zero-order valence-electron chi connectivity index (χ0n) is 19.9. The first-order chi connectivity index (χ1) is 16.6. The quantitative estimate of drug-likeness (QED) is 0.415. The van der Waals surface area contributed by atoms with Crippen molar-refractivity contribution < 1.29 is 14.1 Å². The molecule has 0 N–H and O–H groups in total. The maximum atomic E-state index is 11.6. The van der Waals surface area contributed by atoms with Gasteiger partial charge in [0.05, 0.1) is 12.7 Å². The van der Waals surface area contributed by atoms with Gasteiger partial charge in [-0.25, -0.2) is 4.98 Å². The van der Waals surface area contributed by atoms with Crippen LogP contribution in [0.1, 0.15) is 78.6 Å². The van der Waals surface area contributed by atoms with Crippen molar-refractivity contribution in [3.05, 3.63) is 65.0 Å². The molecule has 176 valence electrons. The van der Waals surface area contributed by atoms with E-state index in [1.807, 2.05) is 12.1 Å². The number of Topliss-reactive ketones (excluding diaryl/α,β-unsaturated/α-hetero) is 1. The van der Waals surface area contributed by atoms with E-state index in [2.05, 4.69) is 46.2 Å². The molecular formula is C28H31N3O3. The van der Waals surface area contributed by atoms with Gasteiger partial charge in [-0.2, -0.15) is 0 Å². The van der Waals surface area contributed by atoms with E-state index in [0.29, 0.717) is 30.2 Å². The second-order valence-corrected chi connectivity index (χ2v) is 10.1. The summed E-state index contributed by atoms with van der Waals surface area (Å²) in [4.78, 5) is 18.7. The van der Waals surface area contributed by atoms with Gasteiger partial charge >= 0.3 is 0 Å². The lowest BCUT2D eigenvalue weighted by atomic mass is 9.98. The van der Waals surface area contributed by atoms with E-state index in [0.717, 1.165) is 54.1 Å². The molecule has 4 heterocycles. The number of carbonyl (C=O) groups excluding carboxylic acids is 1. The normalized spacial score (nSPS) is 23.9. The smallest absolute Gasteiger partial charge is 0.161 e. The van der Waals surface area contributed by atoms with Crippen molar-refractivity contribution in [2.45, 2.75) is 83.1 Å². The Morgan fingerprint density at radius 2 is 1.85 bits per heavy atom. The van der Waals surface area contributed by atoms with Gasteiger partial charge in [0.2, 0.25) is 0 Å². The van der Waals surface area contributed by atoms with E-state index < -0.39 is 0 Å². The predicted octanol–water partition coefficient (Wildman–Crippen LogP) is 5.84. The molecule has 6 heteroatoms. The van der Waals surface area contributed by atoms with Crippen LogP contribution in [0.25, 0.3) is 11.3 Å². The van der Waals surface area contributed by atoms with Crippen LogP contribution in [0.2, 0.25) is 0 Å². The molecule has 1 saturated carbocycles. The number of carbonyl (C=O) groups is 1. The molecule has 0 radical (unpaired) electrons. The fourth-order valence-electron chi connectivity index (χ4n) is 5.76. The van der Waals surface area contributed by atoms with E-state index in [1.54, 1.807) is 13.1 Å². The Hall–Kier alpha value is -2.99. The van der Waals surface area contributed by atoms with Crippen LogP contribution in [0, 0.1) is 6.92 Å². The number of ether oxygens (including phenoxy) is 1. The van der Waals surface area contributed by atoms with Crippen LogP contribution in [-0.4, -0.2) is 34.1 Å². The summed E-state index contributed by atoms with van der Waals surface area (Å²) in [6.07, 6.45) is 8.59. The number of aromatic nitrogens is 2. The van der Waals surface area contributed by atoms with Crippen molar-refractivity contribution in [3.8, 4) is 11.3 Å². The Labute approximate surface area is 200 Å². The standard InChI is InChI=1S/C28H31N3O3/c1-17-5-3-4-6-24(17)27-25(28(34-30-27)19-7-8-19)16-33-23-13-21-10-11-22(14-23)31(21)26-12-9-20(15-29-26)18(2)32/h3-6,9,12,15,19,21-23H,7-8,10-11,13-14,16H2,1-2H3/t21-,22?,23?/m0/s1. The van der Waals surface area contributed by atoms with E-state index in [9.17, 15) is 4.79 Å². The monoisotopic (exact) mass is 457 g/mol. The number of anilines is 1. The Bertz CT molecular complexity index is 1180. The zero-order valence-corrected chi connectivity index (χ0v) is 19.9. The number of fused-ring (bicyclic) bond motifs is 2. The van der Waals surface area contributed by atoms with Gasteiger partial charge in [-0.1, -0.05) is 29.4 Å². The summed E-state index contributed by atoms with van der Waals surface area (Å²) in [5, 5.41) is 4.49. The molecule has 6 rings (SSSR count). The molecule has 2 saturated heterocycles. The Morgan fingerprint density at radius 3 is 2.50 bits per heavy atom. The van der Waals surface area contributed by atoms with Crippen molar-refractivity contribution in [3.63, 3.8) is 0 Å². The molecule has 1 aliphatic carbocycles. The van der Waals surface area contributed by atoms with Crippen molar-refractivity contribution in [1.82, 2.24) is 10.1 Å². The largest absolute Gasteiger partial charge is 0.373 e. The van der Waals surface area contributed by atoms with E-state index >= 15 is 0 Å². The first-order valence-electron chi connectivity index (χ1n) is 12.5. The van der Waals surface area contributed by atoms with Gasteiger partial charge in [-0.3, -0.25) is 4.79 Å². The first-order valence-corrected chi connectivity index (χ1v) is 12.5. The van der Waals surface area contributed by atoms with Crippen molar-refractivity contribution in [2.24, 2.45) is 0 Å². The number of benzene rings is 1. The first kappa shape index (κ1) is 21.5. The van der Waals surface area contributed by atoms with Gasteiger partial charge in [-0.15, -0.1) is 0 Å². The minimum atomic E-state index is 0.0542. The van der Waals surface area contributed by atoms with E-state index in [4.69, 9.17) is 9.26 Å². The molecule has 2 aliphatic heterocycles. The van der Waals surface area contributed by atoms with Crippen LogP contribution in [0.3, 0.4) is 0 Å². The topological polar surface area (TPSA) is 68.5 Å². The predicted molar refractivity (Wildman–Crippen MR) is 130 cm³/mol. The number of hydrogen-bond acceptors (Lipinski definition) is 6. The summed E-state index contributed by atoms with van der Waals surface area (Å²) in [6.45, 7) is 4.25. The molecule has 2 aromatic heterocycles. The fourth-order valence-corrected chi connectivity index (χ4v) is 5.76. The van der Waals surface area contributed by atoms with Crippen molar-refractivity contribution in [1.29, 1.82) is 0 Å². The fraction of sp³-hybridized carbons (Fsp3) is 0.464. The lowest BCUT2D eigenvalue weighted by molar-refractivity contribution is 0.0146. The third-order valence-corrected chi connectivity index (χ3v) is 7.74. The van der Waals surface area contributed by atoms with Crippen LogP contribution in [0.15, 0.2) is 47.1 Å². The van der Waals surface area contributed by atoms with Gasteiger partial charge in [0, 0.05) is 40.9 Å². The van der Waals surface area contributed by atoms with Gasteiger partial charge in [0.15, 0.2) is 5.78 Å². The van der Waals surface area contributed by atoms with E-state index in [-0.39, 0.29) is 11.9 Å². The number of piperidine rings is 1. The maximum Gasteiger partial charge on any atom is 0.161 e. The summed E-state index contributed by atoms with van der Waals surface area (Å²) < 4.78 is 12.4. The van der Waals surface area contributed by atoms with Crippen LogP contribution >= 0.6 is 0 Å². The van der Waals surface area contributed by atoms with Gasteiger partial charge in [0.25, 0.3) is 0 Å². The van der Waals surface area contributed by atoms with Crippen LogP contribution in [-0.2, 0) is 11.3 Å². The SMILES string of the molecule is CC(=O)c1ccc(N2C3CC[C@H]2CC(OCc2c(-c4ccccc4C)noc2C2CC2)C3)nc1. The van der Waals surface area contributed by atoms with Crippen LogP contribution in [0.5, 0.6) is 0 Å². The second-order valence-electron chi connectivity index (χ2n) is 10.1. The lowest BCUT2D eigenvalue weighted by Gasteiger charge is -2.39. The molecule has 6 nitrogen and oxygen atoms in total. The van der Waals surface area contributed by atoms with Crippen molar-refractivity contribution >= 4 is 11.6 Å². The molecule has 34 heavy (non-hydrogen) atoms. The summed E-state index contributed by atoms with van der Waals surface area (Å²) in [5.74, 6) is 2.55. The van der Waals surface area contributed by atoms with Gasteiger partial charge in [0.1, 0.15) is 17.3 Å². The maximum absolute atomic E-state index is 11.6. The summed E-state index contributed by atoms with van der Waals surface area (Å²) in [5.41, 5.74) is 5.07. The number of rotatable bonds is 7. The Morgan fingerprint density at radius 1 is 1.09 bits per heavy atom. The summed E-state index contributed by atoms with van der Waals surface area (Å²) >= 11 is 0. The van der Waals surface area contributed by atoms with Crippen molar-refractivity contribution in [2.75, 3.05) is 4.90 Å². The molecule has 0 spiro atoms. The Balaban J connectivity index is 1.18. The average molecular weight is 458 g/mol. The molecule has 1 aromatic carbocycles. The second kappa shape index (κ2) is 8.66. The Kier molecular flexibility index (Phi) is 5.48. The molecule has 2 unspecified atom stereocenters. The minimum absolute atomic E-state index is 0.0542. The molecule has 3 aliphatic rings. The number of aryl methyl sites for hydroxylation is 1. The van der Waals surface area contributed by atoms with Gasteiger partial charge in [-0.05, 0) is 70.1 Å². The molecule has 2 bridgehead atoms.